The number of hydrogen-bond donors (Lipinski definition) is 1. The third-order valence-corrected chi connectivity index (χ3v) is 9.00. The molecule has 0 saturated heterocycles. The Morgan fingerprint density at radius 2 is 1.55 bits per heavy atom. The van der Waals surface area contributed by atoms with Gasteiger partial charge in [0.1, 0.15) is 23.7 Å². The predicted molar refractivity (Wildman–Crippen MR) is 168 cm³/mol. The number of rotatable bonds is 16. The normalized spacial score (nSPS) is 18.5. The number of fused-ring (bicyclic) bond motifs is 1. The third-order valence-electron chi connectivity index (χ3n) is 9.00. The van der Waals surface area contributed by atoms with E-state index in [1.54, 1.807) is 0 Å². The molecule has 0 spiro atoms. The highest BCUT2D eigenvalue weighted by molar-refractivity contribution is 5.88. The molecular formula is C36H55NO3. The van der Waals surface area contributed by atoms with Crippen LogP contribution in [0.5, 0.6) is 11.5 Å². The molecule has 1 aliphatic heterocycles. The average molecular weight is 550 g/mol. The van der Waals surface area contributed by atoms with Crippen LogP contribution in [0.2, 0.25) is 0 Å². The molecule has 2 aromatic carbocycles. The zero-order valence-corrected chi connectivity index (χ0v) is 26.4. The Balaban J connectivity index is 1.56. The van der Waals surface area contributed by atoms with Gasteiger partial charge in [-0.1, -0.05) is 108 Å². The number of ether oxygens (including phenoxy) is 2. The summed E-state index contributed by atoms with van der Waals surface area (Å²) in [4.78, 5) is 0. The molecule has 0 amide bonds. The van der Waals surface area contributed by atoms with E-state index in [-0.39, 0.29) is 5.60 Å². The van der Waals surface area contributed by atoms with Gasteiger partial charge in [-0.05, 0) is 75.3 Å². The van der Waals surface area contributed by atoms with E-state index >= 15 is 0 Å². The number of hydrogen-bond acceptors (Lipinski definition) is 4. The van der Waals surface area contributed by atoms with Gasteiger partial charge in [-0.3, -0.25) is 0 Å². The second-order valence-corrected chi connectivity index (χ2v) is 13.2. The van der Waals surface area contributed by atoms with Crippen LogP contribution in [0.1, 0.15) is 127 Å². The first-order chi connectivity index (χ1) is 19.1. The lowest BCUT2D eigenvalue weighted by Gasteiger charge is -2.38. The molecule has 0 aliphatic carbocycles. The maximum atomic E-state index is 9.49. The minimum absolute atomic E-state index is 0.207. The second-order valence-electron chi connectivity index (χ2n) is 13.2. The first kappa shape index (κ1) is 32.0. The van der Waals surface area contributed by atoms with Crippen LogP contribution in [0, 0.1) is 31.6 Å². The summed E-state index contributed by atoms with van der Waals surface area (Å²) in [6, 6.07) is 10.2. The van der Waals surface area contributed by atoms with Gasteiger partial charge in [-0.25, -0.2) is 0 Å². The Kier molecular flexibility index (Phi) is 12.4. The third kappa shape index (κ3) is 9.28. The number of oxime groups is 1. The first-order valence-electron chi connectivity index (χ1n) is 15.8. The lowest BCUT2D eigenvalue weighted by Crippen LogP contribution is -2.37. The molecule has 3 atom stereocenters. The zero-order chi connectivity index (χ0) is 29.1. The molecule has 0 aromatic heterocycles. The second kappa shape index (κ2) is 15.5. The minimum atomic E-state index is -0.207. The van der Waals surface area contributed by atoms with Crippen molar-refractivity contribution in [3.05, 3.63) is 58.1 Å². The van der Waals surface area contributed by atoms with Gasteiger partial charge in [0.2, 0.25) is 0 Å². The van der Waals surface area contributed by atoms with Crippen molar-refractivity contribution in [3.8, 4) is 11.5 Å². The van der Waals surface area contributed by atoms with E-state index in [1.807, 2.05) is 25.1 Å². The van der Waals surface area contributed by atoms with E-state index < -0.39 is 0 Å². The molecule has 1 N–H and O–H groups in total. The van der Waals surface area contributed by atoms with Crippen LogP contribution in [-0.4, -0.2) is 17.0 Å². The molecule has 4 heteroatoms. The molecule has 0 saturated carbocycles. The standard InChI is InChI=1S/C36H55NO3/c1-26(2)14-11-15-27(3)16-12-17-28(4)18-13-22-36(7)23-21-32-29(5)34(39-25-31-19-9-8-10-20-31)30(6)33(24-37-38)35(32)40-36/h8-10,19-20,24,26-28,38H,11-18,21-23,25H2,1-7H3/b37-24+. The van der Waals surface area contributed by atoms with E-state index in [9.17, 15) is 5.21 Å². The smallest absolute Gasteiger partial charge is 0.133 e. The fourth-order valence-corrected chi connectivity index (χ4v) is 6.29. The van der Waals surface area contributed by atoms with Crippen LogP contribution in [0.4, 0.5) is 0 Å². The van der Waals surface area contributed by atoms with Crippen LogP contribution < -0.4 is 9.47 Å². The van der Waals surface area contributed by atoms with Crippen molar-refractivity contribution in [1.82, 2.24) is 0 Å². The van der Waals surface area contributed by atoms with E-state index in [0.717, 1.165) is 70.8 Å². The van der Waals surface area contributed by atoms with Crippen molar-refractivity contribution in [2.45, 2.75) is 131 Å². The maximum absolute atomic E-state index is 9.49. The number of nitrogens with zero attached hydrogens (tertiary/aromatic N) is 1. The van der Waals surface area contributed by atoms with E-state index in [2.05, 4.69) is 58.8 Å². The molecule has 0 radical (unpaired) electrons. The van der Waals surface area contributed by atoms with Gasteiger partial charge < -0.3 is 14.7 Å². The molecule has 1 aliphatic rings. The summed E-state index contributed by atoms with van der Waals surface area (Å²) in [6.45, 7) is 16.4. The van der Waals surface area contributed by atoms with Crippen LogP contribution in [-0.2, 0) is 13.0 Å². The Hall–Kier alpha value is -2.49. The van der Waals surface area contributed by atoms with E-state index in [1.165, 1.54) is 63.1 Å². The monoisotopic (exact) mass is 549 g/mol. The highest BCUT2D eigenvalue weighted by atomic mass is 16.5. The summed E-state index contributed by atoms with van der Waals surface area (Å²) in [5.41, 5.74) is 5.02. The zero-order valence-electron chi connectivity index (χ0n) is 26.4. The molecule has 3 rings (SSSR count). The molecule has 40 heavy (non-hydrogen) atoms. The van der Waals surface area contributed by atoms with Gasteiger partial charge in [-0.15, -0.1) is 0 Å². The summed E-state index contributed by atoms with van der Waals surface area (Å²) >= 11 is 0. The van der Waals surface area contributed by atoms with Gasteiger partial charge >= 0.3 is 0 Å². The quantitative estimate of drug-likeness (QED) is 0.129. The lowest BCUT2D eigenvalue weighted by atomic mass is 9.83. The largest absolute Gasteiger partial charge is 0.488 e. The number of benzene rings is 2. The van der Waals surface area contributed by atoms with Gasteiger partial charge in [0.25, 0.3) is 0 Å². The maximum Gasteiger partial charge on any atom is 0.133 e. The van der Waals surface area contributed by atoms with Gasteiger partial charge in [-0.2, -0.15) is 0 Å². The Morgan fingerprint density at radius 3 is 2.17 bits per heavy atom. The average Bonchev–Trinajstić information content (AvgIpc) is 2.91. The van der Waals surface area contributed by atoms with Crippen molar-refractivity contribution in [3.63, 3.8) is 0 Å². The van der Waals surface area contributed by atoms with Crippen molar-refractivity contribution >= 4 is 6.21 Å². The Labute approximate surface area is 244 Å². The van der Waals surface area contributed by atoms with Crippen molar-refractivity contribution in [2.24, 2.45) is 22.9 Å². The fraction of sp³-hybridized carbons (Fsp3) is 0.639. The molecule has 3 unspecified atom stereocenters. The van der Waals surface area contributed by atoms with Crippen LogP contribution in [0.25, 0.3) is 0 Å². The molecule has 2 aromatic rings. The Bertz CT molecular complexity index is 1080. The van der Waals surface area contributed by atoms with Crippen LogP contribution in [0.15, 0.2) is 35.5 Å². The first-order valence-corrected chi connectivity index (χ1v) is 15.8. The minimum Gasteiger partial charge on any atom is -0.488 e. The highest BCUT2D eigenvalue weighted by Gasteiger charge is 2.35. The molecule has 0 fully saturated rings. The molecule has 1 heterocycles. The van der Waals surface area contributed by atoms with E-state index in [4.69, 9.17) is 9.47 Å². The topological polar surface area (TPSA) is 51.1 Å². The fourth-order valence-electron chi connectivity index (χ4n) is 6.29. The molecule has 4 nitrogen and oxygen atoms in total. The van der Waals surface area contributed by atoms with Crippen molar-refractivity contribution in [1.29, 1.82) is 0 Å². The van der Waals surface area contributed by atoms with Crippen LogP contribution >= 0.6 is 0 Å². The summed E-state index contributed by atoms with van der Waals surface area (Å²) in [5.74, 6) is 4.18. The van der Waals surface area contributed by atoms with Gasteiger partial charge in [0, 0.05) is 16.7 Å². The molecular weight excluding hydrogens is 494 g/mol. The van der Waals surface area contributed by atoms with Gasteiger partial charge in [0.15, 0.2) is 0 Å². The Morgan fingerprint density at radius 1 is 0.925 bits per heavy atom. The highest BCUT2D eigenvalue weighted by Crippen LogP contribution is 2.45. The van der Waals surface area contributed by atoms with E-state index in [0.29, 0.717) is 6.61 Å². The SMILES string of the molecule is Cc1c(/C=N/O)c2c(c(C)c1OCc1ccccc1)CCC(C)(CCCC(C)CCCC(C)CCCC(C)C)O2. The van der Waals surface area contributed by atoms with Crippen molar-refractivity contribution < 1.29 is 14.7 Å². The molecule has 222 valence electrons. The summed E-state index contributed by atoms with van der Waals surface area (Å²) in [5, 5.41) is 12.9. The summed E-state index contributed by atoms with van der Waals surface area (Å²) < 4.78 is 13.1. The molecule has 0 bridgehead atoms. The summed E-state index contributed by atoms with van der Waals surface area (Å²) in [7, 11) is 0. The van der Waals surface area contributed by atoms with Crippen LogP contribution in [0.3, 0.4) is 0 Å². The summed E-state index contributed by atoms with van der Waals surface area (Å²) in [6.07, 6.45) is 15.1. The lowest BCUT2D eigenvalue weighted by molar-refractivity contribution is 0.0517. The van der Waals surface area contributed by atoms with Gasteiger partial charge in [0.05, 0.1) is 6.21 Å². The van der Waals surface area contributed by atoms with Crippen molar-refractivity contribution in [2.75, 3.05) is 0 Å². The predicted octanol–water partition coefficient (Wildman–Crippen LogP) is 10.2.